The summed E-state index contributed by atoms with van der Waals surface area (Å²) in [4.78, 5) is 12.4. The van der Waals surface area contributed by atoms with Gasteiger partial charge in [-0.05, 0) is 50.1 Å². The van der Waals surface area contributed by atoms with Crippen molar-refractivity contribution >= 4 is 22.4 Å². The van der Waals surface area contributed by atoms with Crippen LogP contribution in [0, 0.1) is 0 Å². The van der Waals surface area contributed by atoms with E-state index in [2.05, 4.69) is 5.32 Å². The SMILES string of the molecule is CCOCCCNC(=O)/C=C(\C)c1cc2c(-c3cc(OC)ccc3OC)coc2cc1OC. The third-order valence-corrected chi connectivity index (χ3v) is 5.33. The van der Waals surface area contributed by atoms with E-state index in [1.54, 1.807) is 33.7 Å². The minimum atomic E-state index is -0.159. The Bertz CT molecular complexity index is 1130. The van der Waals surface area contributed by atoms with Crippen molar-refractivity contribution in [3.05, 3.63) is 48.2 Å². The summed E-state index contributed by atoms with van der Waals surface area (Å²) in [7, 11) is 4.85. The number of fused-ring (bicyclic) bond motifs is 1. The largest absolute Gasteiger partial charge is 0.497 e. The zero-order valence-corrected chi connectivity index (χ0v) is 19.8. The topological polar surface area (TPSA) is 79.2 Å². The molecule has 0 atom stereocenters. The van der Waals surface area contributed by atoms with Gasteiger partial charge in [-0.15, -0.1) is 0 Å². The van der Waals surface area contributed by atoms with E-state index in [4.69, 9.17) is 23.4 Å². The normalized spacial score (nSPS) is 11.5. The van der Waals surface area contributed by atoms with Gasteiger partial charge < -0.3 is 28.7 Å². The van der Waals surface area contributed by atoms with Gasteiger partial charge in [0.1, 0.15) is 22.8 Å². The minimum Gasteiger partial charge on any atom is -0.497 e. The van der Waals surface area contributed by atoms with Gasteiger partial charge in [0.25, 0.3) is 0 Å². The van der Waals surface area contributed by atoms with Gasteiger partial charge in [0.15, 0.2) is 0 Å². The third-order valence-electron chi connectivity index (χ3n) is 5.33. The molecule has 0 aliphatic carbocycles. The highest BCUT2D eigenvalue weighted by atomic mass is 16.5. The van der Waals surface area contributed by atoms with Crippen LogP contribution in [0.4, 0.5) is 0 Å². The number of benzene rings is 2. The molecule has 2 aromatic carbocycles. The molecule has 0 unspecified atom stereocenters. The van der Waals surface area contributed by atoms with E-state index < -0.39 is 0 Å². The number of nitrogens with one attached hydrogen (secondary N) is 1. The minimum absolute atomic E-state index is 0.159. The monoisotopic (exact) mass is 453 g/mol. The van der Waals surface area contributed by atoms with Crippen LogP contribution in [0.2, 0.25) is 0 Å². The molecule has 1 heterocycles. The number of allylic oxidation sites excluding steroid dienone is 1. The fourth-order valence-electron chi connectivity index (χ4n) is 3.62. The number of carbonyl (C=O) groups is 1. The highest BCUT2D eigenvalue weighted by Gasteiger charge is 2.17. The summed E-state index contributed by atoms with van der Waals surface area (Å²) in [5.41, 5.74) is 3.96. The highest BCUT2D eigenvalue weighted by Crippen LogP contribution is 2.41. The van der Waals surface area contributed by atoms with Gasteiger partial charge in [-0.2, -0.15) is 0 Å². The Morgan fingerprint density at radius 3 is 2.52 bits per heavy atom. The number of methoxy groups -OCH3 is 3. The predicted octanol–water partition coefficient (Wildman–Crippen LogP) is 5.07. The van der Waals surface area contributed by atoms with Crippen LogP contribution in [0.3, 0.4) is 0 Å². The first-order valence-corrected chi connectivity index (χ1v) is 10.9. The molecule has 3 rings (SSSR count). The van der Waals surface area contributed by atoms with Crippen LogP contribution in [0.1, 0.15) is 25.8 Å². The van der Waals surface area contributed by atoms with E-state index in [1.807, 2.05) is 44.2 Å². The first-order valence-electron chi connectivity index (χ1n) is 10.9. The number of ether oxygens (including phenoxy) is 4. The van der Waals surface area contributed by atoms with E-state index in [0.29, 0.717) is 42.6 Å². The number of carbonyl (C=O) groups excluding carboxylic acids is 1. The molecule has 0 spiro atoms. The van der Waals surface area contributed by atoms with Crippen LogP contribution < -0.4 is 19.5 Å². The van der Waals surface area contributed by atoms with Crippen molar-refractivity contribution in [2.75, 3.05) is 41.1 Å². The lowest BCUT2D eigenvalue weighted by atomic mass is 9.98. The molecule has 0 radical (unpaired) electrons. The van der Waals surface area contributed by atoms with E-state index in [1.165, 1.54) is 0 Å². The molecule has 3 aromatic rings. The van der Waals surface area contributed by atoms with Crippen molar-refractivity contribution in [1.82, 2.24) is 5.32 Å². The summed E-state index contributed by atoms with van der Waals surface area (Å²) < 4.78 is 27.7. The third kappa shape index (κ3) is 5.68. The quantitative estimate of drug-likeness (QED) is 0.323. The molecule has 0 aliphatic rings. The van der Waals surface area contributed by atoms with Crippen LogP contribution in [-0.2, 0) is 9.53 Å². The Balaban J connectivity index is 1.96. The second-order valence-corrected chi connectivity index (χ2v) is 7.43. The molecule has 33 heavy (non-hydrogen) atoms. The molecule has 1 amide bonds. The maximum absolute atomic E-state index is 12.4. The summed E-state index contributed by atoms with van der Waals surface area (Å²) >= 11 is 0. The molecule has 0 aliphatic heterocycles. The zero-order valence-electron chi connectivity index (χ0n) is 19.8. The summed E-state index contributed by atoms with van der Waals surface area (Å²) in [6.07, 6.45) is 4.04. The fraction of sp³-hybridized carbons (Fsp3) is 0.346. The Labute approximate surface area is 194 Å². The summed E-state index contributed by atoms with van der Waals surface area (Å²) in [5, 5.41) is 3.77. The number of amides is 1. The molecule has 1 N–H and O–H groups in total. The predicted molar refractivity (Wildman–Crippen MR) is 129 cm³/mol. The second-order valence-electron chi connectivity index (χ2n) is 7.43. The van der Waals surface area contributed by atoms with Crippen molar-refractivity contribution in [2.45, 2.75) is 20.3 Å². The van der Waals surface area contributed by atoms with Crippen molar-refractivity contribution in [1.29, 1.82) is 0 Å². The molecule has 0 fully saturated rings. The zero-order chi connectivity index (χ0) is 23.8. The van der Waals surface area contributed by atoms with Gasteiger partial charge >= 0.3 is 0 Å². The molecule has 7 heteroatoms. The Morgan fingerprint density at radius 2 is 1.82 bits per heavy atom. The lowest BCUT2D eigenvalue weighted by molar-refractivity contribution is -0.116. The van der Waals surface area contributed by atoms with Crippen molar-refractivity contribution in [3.8, 4) is 28.4 Å². The fourth-order valence-corrected chi connectivity index (χ4v) is 3.62. The lowest BCUT2D eigenvalue weighted by Crippen LogP contribution is -2.23. The van der Waals surface area contributed by atoms with Crippen molar-refractivity contribution in [2.24, 2.45) is 0 Å². The number of furan rings is 1. The van der Waals surface area contributed by atoms with Crippen LogP contribution in [0.15, 0.2) is 47.1 Å². The molecule has 0 saturated heterocycles. The molecule has 1 aromatic heterocycles. The summed E-state index contributed by atoms with van der Waals surface area (Å²) in [5.74, 6) is 1.88. The van der Waals surface area contributed by atoms with E-state index in [9.17, 15) is 4.79 Å². The van der Waals surface area contributed by atoms with Crippen molar-refractivity contribution < 1.29 is 28.2 Å². The average molecular weight is 454 g/mol. The maximum atomic E-state index is 12.4. The first-order chi connectivity index (χ1) is 16.0. The molecule has 7 nitrogen and oxygen atoms in total. The van der Waals surface area contributed by atoms with E-state index in [0.717, 1.165) is 34.1 Å². The van der Waals surface area contributed by atoms with E-state index in [-0.39, 0.29) is 5.91 Å². The Kier molecular flexibility index (Phi) is 8.38. The average Bonchev–Trinajstić information content (AvgIpc) is 3.25. The van der Waals surface area contributed by atoms with Crippen LogP contribution in [0.25, 0.3) is 27.7 Å². The van der Waals surface area contributed by atoms with Gasteiger partial charge in [-0.1, -0.05) is 0 Å². The molecule has 176 valence electrons. The van der Waals surface area contributed by atoms with Crippen molar-refractivity contribution in [3.63, 3.8) is 0 Å². The van der Waals surface area contributed by atoms with Gasteiger partial charge in [-0.3, -0.25) is 4.79 Å². The maximum Gasteiger partial charge on any atom is 0.244 e. The second kappa shape index (κ2) is 11.4. The molecule has 0 bridgehead atoms. The number of hydrogen-bond donors (Lipinski definition) is 1. The van der Waals surface area contributed by atoms with Crippen LogP contribution in [0.5, 0.6) is 17.2 Å². The summed E-state index contributed by atoms with van der Waals surface area (Å²) in [6, 6.07) is 9.42. The van der Waals surface area contributed by atoms with Crippen LogP contribution in [-0.4, -0.2) is 47.0 Å². The van der Waals surface area contributed by atoms with Gasteiger partial charge in [0.05, 0.1) is 27.6 Å². The van der Waals surface area contributed by atoms with Gasteiger partial charge in [0, 0.05) is 54.0 Å². The molecule has 0 saturated carbocycles. The summed E-state index contributed by atoms with van der Waals surface area (Å²) in [6.45, 7) is 5.69. The number of rotatable bonds is 11. The lowest BCUT2D eigenvalue weighted by Gasteiger charge is -2.12. The Morgan fingerprint density at radius 1 is 1.03 bits per heavy atom. The van der Waals surface area contributed by atoms with Crippen LogP contribution >= 0.6 is 0 Å². The number of hydrogen-bond acceptors (Lipinski definition) is 6. The smallest absolute Gasteiger partial charge is 0.244 e. The standard InChI is InChI=1S/C26H31NO6/c1-6-32-11-7-10-27-26(28)12-17(2)19-14-21-22(16-33-25(21)15-24(19)31-5)20-13-18(29-3)8-9-23(20)30-4/h8-9,12-16H,6-7,10-11H2,1-5H3,(H,27,28)/b17-12+. The van der Waals surface area contributed by atoms with E-state index >= 15 is 0 Å². The van der Waals surface area contributed by atoms with Gasteiger partial charge in [-0.25, -0.2) is 0 Å². The highest BCUT2D eigenvalue weighted by molar-refractivity contribution is 6.01. The van der Waals surface area contributed by atoms with Gasteiger partial charge in [0.2, 0.25) is 5.91 Å². The molecular weight excluding hydrogens is 422 g/mol. The molecular formula is C26H31NO6. The first kappa shape index (κ1) is 24.2. The Hall–Kier alpha value is -3.45.